The molecule has 1 aromatic rings. The van der Waals surface area contributed by atoms with Crippen LogP contribution in [0, 0.1) is 12.3 Å². The van der Waals surface area contributed by atoms with Crippen molar-refractivity contribution in [2.45, 2.75) is 53.5 Å². The molecule has 2 heteroatoms. The molecule has 0 aliphatic rings. The minimum Gasteiger partial charge on any atom is -0.314 e. The van der Waals surface area contributed by atoms with E-state index in [4.69, 9.17) is 0 Å². The second-order valence-corrected chi connectivity index (χ2v) is 5.82. The first kappa shape index (κ1) is 14.2. The Kier molecular flexibility index (Phi) is 5.13. The standard InChI is InChI=1S/C15H26N2/c1-6-17-14(15(3,4)5)8-7-13-11-16-10-9-12(13)2/h9-11,14,17H,6-8H2,1-5H3. The van der Waals surface area contributed by atoms with Gasteiger partial charge in [-0.1, -0.05) is 27.7 Å². The minimum atomic E-state index is 0.312. The van der Waals surface area contributed by atoms with Gasteiger partial charge in [0.25, 0.3) is 0 Å². The molecule has 1 rings (SSSR count). The van der Waals surface area contributed by atoms with Gasteiger partial charge in [-0.15, -0.1) is 0 Å². The van der Waals surface area contributed by atoms with Gasteiger partial charge in [0.05, 0.1) is 0 Å². The molecule has 0 amide bonds. The van der Waals surface area contributed by atoms with Crippen LogP contribution in [0.4, 0.5) is 0 Å². The predicted octanol–water partition coefficient (Wildman–Crippen LogP) is 3.35. The van der Waals surface area contributed by atoms with Crippen LogP contribution in [0.3, 0.4) is 0 Å². The predicted molar refractivity (Wildman–Crippen MR) is 74.2 cm³/mol. The molecule has 0 aliphatic heterocycles. The van der Waals surface area contributed by atoms with Crippen LogP contribution in [-0.4, -0.2) is 17.6 Å². The molecule has 96 valence electrons. The Morgan fingerprint density at radius 1 is 1.35 bits per heavy atom. The molecule has 0 saturated heterocycles. The fraction of sp³-hybridized carbons (Fsp3) is 0.667. The Labute approximate surface area is 106 Å². The molecule has 0 radical (unpaired) electrons. The first-order valence-electron chi connectivity index (χ1n) is 6.58. The molecule has 1 atom stereocenters. The summed E-state index contributed by atoms with van der Waals surface area (Å²) in [5, 5.41) is 3.59. The molecule has 1 N–H and O–H groups in total. The van der Waals surface area contributed by atoms with Crippen molar-refractivity contribution in [1.82, 2.24) is 10.3 Å². The molecule has 17 heavy (non-hydrogen) atoms. The van der Waals surface area contributed by atoms with Crippen molar-refractivity contribution in [1.29, 1.82) is 0 Å². The van der Waals surface area contributed by atoms with Crippen molar-refractivity contribution < 1.29 is 0 Å². The van der Waals surface area contributed by atoms with E-state index in [0.29, 0.717) is 11.5 Å². The fourth-order valence-electron chi connectivity index (χ4n) is 2.15. The highest BCUT2D eigenvalue weighted by Crippen LogP contribution is 2.23. The number of aryl methyl sites for hydroxylation is 2. The maximum Gasteiger partial charge on any atom is 0.0302 e. The maximum atomic E-state index is 4.21. The molecule has 0 bridgehead atoms. The monoisotopic (exact) mass is 234 g/mol. The van der Waals surface area contributed by atoms with Gasteiger partial charge in [-0.3, -0.25) is 4.98 Å². The normalized spacial score (nSPS) is 13.7. The average Bonchev–Trinajstić information content (AvgIpc) is 2.24. The summed E-state index contributed by atoms with van der Waals surface area (Å²) >= 11 is 0. The highest BCUT2D eigenvalue weighted by Gasteiger charge is 2.23. The lowest BCUT2D eigenvalue weighted by Crippen LogP contribution is -2.40. The Balaban J connectivity index is 2.61. The Hall–Kier alpha value is -0.890. The lowest BCUT2D eigenvalue weighted by molar-refractivity contribution is 0.258. The summed E-state index contributed by atoms with van der Waals surface area (Å²) < 4.78 is 0. The molecule has 0 saturated carbocycles. The zero-order valence-electron chi connectivity index (χ0n) is 11.9. The van der Waals surface area contributed by atoms with E-state index in [-0.39, 0.29) is 0 Å². The van der Waals surface area contributed by atoms with Crippen LogP contribution in [0.5, 0.6) is 0 Å². The van der Waals surface area contributed by atoms with Crippen LogP contribution in [0.15, 0.2) is 18.5 Å². The number of nitrogens with one attached hydrogen (secondary N) is 1. The van der Waals surface area contributed by atoms with Crippen LogP contribution >= 0.6 is 0 Å². The number of pyridine rings is 1. The zero-order valence-corrected chi connectivity index (χ0v) is 11.9. The van der Waals surface area contributed by atoms with Gasteiger partial charge in [-0.05, 0) is 48.9 Å². The highest BCUT2D eigenvalue weighted by atomic mass is 14.9. The highest BCUT2D eigenvalue weighted by molar-refractivity contribution is 5.21. The van der Waals surface area contributed by atoms with Gasteiger partial charge < -0.3 is 5.32 Å². The fourth-order valence-corrected chi connectivity index (χ4v) is 2.15. The number of hydrogen-bond acceptors (Lipinski definition) is 2. The van der Waals surface area contributed by atoms with Gasteiger partial charge in [-0.25, -0.2) is 0 Å². The number of rotatable bonds is 5. The third-order valence-electron chi connectivity index (χ3n) is 3.35. The van der Waals surface area contributed by atoms with Gasteiger partial charge in [-0.2, -0.15) is 0 Å². The van der Waals surface area contributed by atoms with E-state index >= 15 is 0 Å². The van der Waals surface area contributed by atoms with E-state index in [9.17, 15) is 0 Å². The first-order valence-corrected chi connectivity index (χ1v) is 6.58. The summed E-state index contributed by atoms with van der Waals surface area (Å²) in [4.78, 5) is 4.21. The molecule has 1 heterocycles. The molecular weight excluding hydrogens is 208 g/mol. The lowest BCUT2D eigenvalue weighted by Gasteiger charge is -2.31. The molecule has 2 nitrogen and oxygen atoms in total. The van der Waals surface area contributed by atoms with Gasteiger partial charge in [0.2, 0.25) is 0 Å². The first-order chi connectivity index (χ1) is 7.95. The summed E-state index contributed by atoms with van der Waals surface area (Å²) in [6.45, 7) is 12.3. The van der Waals surface area contributed by atoms with Crippen molar-refractivity contribution in [3.8, 4) is 0 Å². The Morgan fingerprint density at radius 2 is 2.06 bits per heavy atom. The third-order valence-corrected chi connectivity index (χ3v) is 3.35. The van der Waals surface area contributed by atoms with E-state index in [2.05, 4.69) is 51.0 Å². The summed E-state index contributed by atoms with van der Waals surface area (Å²) in [7, 11) is 0. The van der Waals surface area contributed by atoms with Crippen LogP contribution < -0.4 is 5.32 Å². The number of nitrogens with zero attached hydrogens (tertiary/aromatic N) is 1. The SMILES string of the molecule is CCNC(CCc1cnccc1C)C(C)(C)C. The van der Waals surface area contributed by atoms with E-state index in [0.717, 1.165) is 13.0 Å². The van der Waals surface area contributed by atoms with Crippen molar-refractivity contribution >= 4 is 0 Å². The maximum absolute atomic E-state index is 4.21. The molecular formula is C15H26N2. The van der Waals surface area contributed by atoms with E-state index in [1.165, 1.54) is 17.5 Å². The molecule has 0 spiro atoms. The number of aromatic nitrogens is 1. The molecule has 0 fully saturated rings. The minimum absolute atomic E-state index is 0.312. The van der Waals surface area contributed by atoms with Crippen LogP contribution in [0.2, 0.25) is 0 Å². The zero-order chi connectivity index (χ0) is 12.9. The van der Waals surface area contributed by atoms with Crippen LogP contribution in [0.25, 0.3) is 0 Å². The van der Waals surface area contributed by atoms with E-state index < -0.39 is 0 Å². The van der Waals surface area contributed by atoms with Gasteiger partial charge >= 0.3 is 0 Å². The third kappa shape index (κ3) is 4.47. The smallest absolute Gasteiger partial charge is 0.0302 e. The van der Waals surface area contributed by atoms with Crippen molar-refractivity contribution in [3.05, 3.63) is 29.6 Å². The average molecular weight is 234 g/mol. The quantitative estimate of drug-likeness (QED) is 0.845. The Bertz CT molecular complexity index is 339. The van der Waals surface area contributed by atoms with Crippen LogP contribution in [0.1, 0.15) is 45.2 Å². The van der Waals surface area contributed by atoms with Crippen molar-refractivity contribution in [3.63, 3.8) is 0 Å². The van der Waals surface area contributed by atoms with Gasteiger partial charge in [0.1, 0.15) is 0 Å². The van der Waals surface area contributed by atoms with Crippen molar-refractivity contribution in [2.24, 2.45) is 5.41 Å². The van der Waals surface area contributed by atoms with Gasteiger partial charge in [0.15, 0.2) is 0 Å². The summed E-state index contributed by atoms with van der Waals surface area (Å²) in [5.41, 5.74) is 3.04. The number of hydrogen-bond donors (Lipinski definition) is 1. The molecule has 1 aromatic heterocycles. The lowest BCUT2D eigenvalue weighted by atomic mass is 9.83. The molecule has 1 unspecified atom stereocenters. The second kappa shape index (κ2) is 6.15. The second-order valence-electron chi connectivity index (χ2n) is 5.82. The van der Waals surface area contributed by atoms with E-state index in [1.807, 2.05) is 12.4 Å². The van der Waals surface area contributed by atoms with Crippen LogP contribution in [-0.2, 0) is 6.42 Å². The molecule has 0 aliphatic carbocycles. The Morgan fingerprint density at radius 3 is 2.59 bits per heavy atom. The van der Waals surface area contributed by atoms with Gasteiger partial charge in [0, 0.05) is 18.4 Å². The summed E-state index contributed by atoms with van der Waals surface area (Å²) in [6.07, 6.45) is 6.14. The molecule has 0 aromatic carbocycles. The topological polar surface area (TPSA) is 24.9 Å². The summed E-state index contributed by atoms with van der Waals surface area (Å²) in [6, 6.07) is 2.65. The largest absolute Gasteiger partial charge is 0.314 e. The van der Waals surface area contributed by atoms with E-state index in [1.54, 1.807) is 0 Å². The van der Waals surface area contributed by atoms with Crippen molar-refractivity contribution in [2.75, 3.05) is 6.54 Å². The summed E-state index contributed by atoms with van der Waals surface area (Å²) in [5.74, 6) is 0.